The number of ether oxygens (including phenoxy) is 4. The summed E-state index contributed by atoms with van der Waals surface area (Å²) in [5.41, 5.74) is 4.48. The molecule has 24 heavy (non-hydrogen) atoms. The minimum Gasteiger partial charge on any atom is -0.456 e. The Morgan fingerprint density at radius 3 is 1.79 bits per heavy atom. The van der Waals surface area contributed by atoms with Gasteiger partial charge in [-0.3, -0.25) is 19.8 Å². The Hall–Kier alpha value is -1.33. The minimum absolute atomic E-state index is 0. The first-order chi connectivity index (χ1) is 10.6. The standard InChI is InChI=1S/C13H20N2O7S.BrH/c1-5-9(20-6(2)16)10(21-7(3)17)11(22-8(4)18)12(19-5)23-13(14)15;/h5,9-12H,1-4H3,(H3,14,15);1H/t5-,9+,10+,11-,12-;/m0./s1. The lowest BCUT2D eigenvalue weighted by molar-refractivity contribution is -0.228. The highest BCUT2D eigenvalue weighted by Crippen LogP contribution is 2.33. The maximum Gasteiger partial charge on any atom is 0.303 e. The molecule has 0 aromatic heterocycles. The number of esters is 3. The first kappa shape index (κ1) is 22.7. The molecule has 0 aromatic rings. The molecule has 138 valence electrons. The quantitative estimate of drug-likeness (QED) is 0.287. The van der Waals surface area contributed by atoms with Crippen LogP contribution in [0.2, 0.25) is 0 Å². The number of halogens is 1. The van der Waals surface area contributed by atoms with E-state index in [-0.39, 0.29) is 22.1 Å². The van der Waals surface area contributed by atoms with Gasteiger partial charge in [-0.1, -0.05) is 11.8 Å². The molecule has 0 radical (unpaired) electrons. The Morgan fingerprint density at radius 2 is 1.38 bits per heavy atom. The van der Waals surface area contributed by atoms with Crippen LogP contribution in [0.25, 0.3) is 0 Å². The molecule has 1 fully saturated rings. The first-order valence-corrected chi connectivity index (χ1v) is 7.67. The van der Waals surface area contributed by atoms with Crippen LogP contribution in [0.5, 0.6) is 0 Å². The molecule has 11 heteroatoms. The summed E-state index contributed by atoms with van der Waals surface area (Å²) in [7, 11) is 0. The van der Waals surface area contributed by atoms with Crippen molar-refractivity contribution in [1.82, 2.24) is 0 Å². The molecule has 1 saturated heterocycles. The van der Waals surface area contributed by atoms with Crippen LogP contribution in [-0.2, 0) is 33.3 Å². The van der Waals surface area contributed by atoms with E-state index in [0.29, 0.717) is 0 Å². The van der Waals surface area contributed by atoms with Crippen molar-refractivity contribution in [3.8, 4) is 0 Å². The van der Waals surface area contributed by atoms with E-state index >= 15 is 0 Å². The second-order valence-electron chi connectivity index (χ2n) is 4.91. The highest BCUT2D eigenvalue weighted by Gasteiger charge is 2.50. The van der Waals surface area contributed by atoms with Crippen LogP contribution in [0.15, 0.2) is 0 Å². The molecule has 0 spiro atoms. The summed E-state index contributed by atoms with van der Waals surface area (Å²) in [6, 6.07) is 0. The first-order valence-electron chi connectivity index (χ1n) is 6.79. The number of amidine groups is 1. The molecule has 1 rings (SSSR count). The normalized spacial score (nSPS) is 28.9. The number of hydrogen-bond donors (Lipinski definition) is 2. The Bertz CT molecular complexity index is 505. The lowest BCUT2D eigenvalue weighted by atomic mass is 10.00. The Balaban J connectivity index is 0.00000529. The van der Waals surface area contributed by atoms with E-state index < -0.39 is 47.8 Å². The zero-order valence-electron chi connectivity index (χ0n) is 13.6. The number of nitrogens with one attached hydrogen (secondary N) is 1. The summed E-state index contributed by atoms with van der Waals surface area (Å²) in [5.74, 6) is -1.87. The number of hydrogen-bond acceptors (Lipinski definition) is 9. The number of nitrogens with two attached hydrogens (primary N) is 1. The molecule has 0 bridgehead atoms. The zero-order valence-corrected chi connectivity index (χ0v) is 16.2. The third kappa shape index (κ3) is 6.65. The molecule has 3 N–H and O–H groups in total. The van der Waals surface area contributed by atoms with Gasteiger partial charge in [0, 0.05) is 20.8 Å². The topological polar surface area (TPSA) is 138 Å². The van der Waals surface area contributed by atoms with Crippen LogP contribution in [0.3, 0.4) is 0 Å². The zero-order chi connectivity index (χ0) is 17.7. The average Bonchev–Trinajstić information content (AvgIpc) is 2.36. The Morgan fingerprint density at radius 1 is 0.958 bits per heavy atom. The molecular formula is C13H21BrN2O7S. The van der Waals surface area contributed by atoms with Crippen molar-refractivity contribution in [3.63, 3.8) is 0 Å². The lowest BCUT2D eigenvalue weighted by Gasteiger charge is -2.43. The van der Waals surface area contributed by atoms with E-state index in [1.807, 2.05) is 0 Å². The fraction of sp³-hybridized carbons (Fsp3) is 0.692. The van der Waals surface area contributed by atoms with Crippen LogP contribution >= 0.6 is 28.7 Å². The minimum atomic E-state index is -1.08. The Kier molecular flexibility index (Phi) is 9.30. The van der Waals surface area contributed by atoms with Gasteiger partial charge in [0.25, 0.3) is 0 Å². The monoisotopic (exact) mass is 428 g/mol. The van der Waals surface area contributed by atoms with Gasteiger partial charge < -0.3 is 24.7 Å². The summed E-state index contributed by atoms with van der Waals surface area (Å²) < 4.78 is 21.2. The van der Waals surface area contributed by atoms with E-state index in [0.717, 1.165) is 11.8 Å². The number of rotatable bonds is 4. The van der Waals surface area contributed by atoms with Gasteiger partial charge in [-0.25, -0.2) is 0 Å². The predicted octanol–water partition coefficient (Wildman–Crippen LogP) is 0.731. The largest absolute Gasteiger partial charge is 0.456 e. The van der Waals surface area contributed by atoms with E-state index in [2.05, 4.69) is 0 Å². The second-order valence-corrected chi connectivity index (χ2v) is 6.05. The maximum atomic E-state index is 11.4. The van der Waals surface area contributed by atoms with Crippen molar-refractivity contribution >= 4 is 51.8 Å². The van der Waals surface area contributed by atoms with Gasteiger partial charge >= 0.3 is 17.9 Å². The molecule has 9 nitrogen and oxygen atoms in total. The molecule has 1 heterocycles. The summed E-state index contributed by atoms with van der Waals surface area (Å²) in [6.45, 7) is 5.18. The molecule has 5 atom stereocenters. The van der Waals surface area contributed by atoms with E-state index in [1.54, 1.807) is 6.92 Å². The van der Waals surface area contributed by atoms with Crippen LogP contribution in [0.4, 0.5) is 0 Å². The summed E-state index contributed by atoms with van der Waals surface area (Å²) >= 11 is 0.811. The van der Waals surface area contributed by atoms with Gasteiger partial charge in [0.1, 0.15) is 0 Å². The van der Waals surface area contributed by atoms with Gasteiger partial charge in [0.2, 0.25) is 0 Å². The van der Waals surface area contributed by atoms with Crippen LogP contribution in [0.1, 0.15) is 27.7 Å². The number of carbonyl (C=O) groups is 3. The lowest BCUT2D eigenvalue weighted by Crippen LogP contribution is -2.60. The van der Waals surface area contributed by atoms with Gasteiger partial charge in [0.05, 0.1) is 6.10 Å². The van der Waals surface area contributed by atoms with Crippen LogP contribution in [-0.4, -0.2) is 52.9 Å². The smallest absolute Gasteiger partial charge is 0.303 e. The van der Waals surface area contributed by atoms with E-state index in [4.69, 9.17) is 30.1 Å². The Labute approximate surface area is 154 Å². The summed E-state index contributed by atoms with van der Waals surface area (Å²) in [6.07, 6.45) is -3.76. The highest BCUT2D eigenvalue weighted by atomic mass is 79.9. The molecule has 1 aliphatic heterocycles. The molecule has 0 aliphatic carbocycles. The van der Waals surface area contributed by atoms with Crippen LogP contribution < -0.4 is 5.73 Å². The third-order valence-electron chi connectivity index (χ3n) is 2.88. The molecule has 0 aromatic carbocycles. The SMILES string of the molecule is Br.CC(=O)O[C@@H]1[C@H](OC(C)=O)[C@H](C)O[C@@H](SC(=N)N)[C@H]1OC(C)=O. The predicted molar refractivity (Wildman–Crippen MR) is 90.8 cm³/mol. The molecule has 1 aliphatic rings. The van der Waals surface area contributed by atoms with Gasteiger partial charge in [-0.15, -0.1) is 17.0 Å². The maximum absolute atomic E-state index is 11.4. The summed E-state index contributed by atoms with van der Waals surface area (Å²) in [4.78, 5) is 34.0. The fourth-order valence-electron chi connectivity index (χ4n) is 2.19. The van der Waals surface area contributed by atoms with Crippen molar-refractivity contribution in [2.75, 3.05) is 0 Å². The van der Waals surface area contributed by atoms with Crippen molar-refractivity contribution in [1.29, 1.82) is 5.41 Å². The number of carbonyl (C=O) groups excluding carboxylic acids is 3. The van der Waals surface area contributed by atoms with Crippen LogP contribution in [0, 0.1) is 5.41 Å². The van der Waals surface area contributed by atoms with Gasteiger partial charge in [0.15, 0.2) is 28.9 Å². The molecule has 0 saturated carbocycles. The number of thioether (sulfide) groups is 1. The van der Waals surface area contributed by atoms with Gasteiger partial charge in [-0.2, -0.15) is 0 Å². The summed E-state index contributed by atoms with van der Waals surface area (Å²) in [5, 5.41) is 7.11. The molecule has 0 unspecified atom stereocenters. The molecule has 0 amide bonds. The second kappa shape index (κ2) is 9.84. The van der Waals surface area contributed by atoms with E-state index in [1.165, 1.54) is 20.8 Å². The third-order valence-corrected chi connectivity index (χ3v) is 3.74. The fourth-order valence-corrected chi connectivity index (χ4v) is 3.02. The van der Waals surface area contributed by atoms with Crippen molar-refractivity contribution < 1.29 is 33.3 Å². The molecular weight excluding hydrogens is 408 g/mol. The van der Waals surface area contributed by atoms with Crippen molar-refractivity contribution in [2.45, 2.75) is 57.5 Å². The highest BCUT2D eigenvalue weighted by molar-refractivity contribution is 8.93. The average molecular weight is 429 g/mol. The van der Waals surface area contributed by atoms with E-state index in [9.17, 15) is 14.4 Å². The van der Waals surface area contributed by atoms with Crippen molar-refractivity contribution in [2.24, 2.45) is 5.73 Å². The van der Waals surface area contributed by atoms with Gasteiger partial charge in [-0.05, 0) is 6.92 Å². The van der Waals surface area contributed by atoms with Crippen molar-refractivity contribution in [3.05, 3.63) is 0 Å².